The number of nitrogens with one attached hydrogen (secondary N) is 2. The van der Waals surface area contributed by atoms with E-state index in [1.54, 1.807) is 0 Å². The van der Waals surface area contributed by atoms with E-state index in [4.69, 9.17) is 0 Å². The van der Waals surface area contributed by atoms with Crippen molar-refractivity contribution in [1.82, 2.24) is 9.97 Å². The molecular formula is C9H12BrN3O3S. The Kier molecular flexibility index (Phi) is 3.53. The normalized spacial score (nSPS) is 22.5. The number of hydrogen-bond donors (Lipinski definition) is 2. The van der Waals surface area contributed by atoms with Crippen molar-refractivity contribution in [3.05, 3.63) is 21.2 Å². The largest absolute Gasteiger partial charge is 0.369 e. The van der Waals surface area contributed by atoms with E-state index in [2.05, 4.69) is 31.2 Å². The Hall–Kier alpha value is -0.890. The second-order valence-electron chi connectivity index (χ2n) is 4.04. The van der Waals surface area contributed by atoms with Crippen molar-refractivity contribution in [2.75, 3.05) is 23.4 Å². The van der Waals surface area contributed by atoms with Gasteiger partial charge in [-0.1, -0.05) is 0 Å². The van der Waals surface area contributed by atoms with Crippen molar-refractivity contribution in [2.24, 2.45) is 5.92 Å². The number of aromatic nitrogens is 2. The minimum Gasteiger partial charge on any atom is -0.369 e. The van der Waals surface area contributed by atoms with Gasteiger partial charge in [-0.3, -0.25) is 4.79 Å². The summed E-state index contributed by atoms with van der Waals surface area (Å²) in [5.74, 6) is 0.996. The van der Waals surface area contributed by atoms with Gasteiger partial charge in [0.1, 0.15) is 10.3 Å². The summed E-state index contributed by atoms with van der Waals surface area (Å²) in [7, 11) is -2.86. The molecule has 17 heavy (non-hydrogen) atoms. The van der Waals surface area contributed by atoms with Crippen LogP contribution in [0.15, 0.2) is 15.6 Å². The minimum atomic E-state index is -2.86. The Morgan fingerprint density at radius 1 is 1.59 bits per heavy atom. The molecule has 2 heterocycles. The number of anilines is 1. The van der Waals surface area contributed by atoms with Crippen LogP contribution in [0, 0.1) is 5.92 Å². The first-order valence-corrected chi connectivity index (χ1v) is 7.77. The van der Waals surface area contributed by atoms with Gasteiger partial charge in [0.25, 0.3) is 5.56 Å². The summed E-state index contributed by atoms with van der Waals surface area (Å²) >= 11 is 3.13. The molecule has 1 fully saturated rings. The highest BCUT2D eigenvalue weighted by molar-refractivity contribution is 9.10. The number of rotatable bonds is 3. The summed E-state index contributed by atoms with van der Waals surface area (Å²) in [4.78, 5) is 17.7. The van der Waals surface area contributed by atoms with E-state index in [-0.39, 0.29) is 23.0 Å². The average molecular weight is 322 g/mol. The van der Waals surface area contributed by atoms with Crippen LogP contribution in [-0.2, 0) is 9.84 Å². The second-order valence-corrected chi connectivity index (χ2v) is 7.07. The van der Waals surface area contributed by atoms with Gasteiger partial charge >= 0.3 is 0 Å². The molecule has 0 amide bonds. The molecule has 94 valence electrons. The van der Waals surface area contributed by atoms with Gasteiger partial charge in [-0.05, 0) is 28.3 Å². The van der Waals surface area contributed by atoms with E-state index < -0.39 is 9.84 Å². The number of nitrogens with zero attached hydrogens (tertiary/aromatic N) is 1. The number of hydrogen-bond acceptors (Lipinski definition) is 5. The maximum atomic E-state index is 11.3. The highest BCUT2D eigenvalue weighted by atomic mass is 79.9. The van der Waals surface area contributed by atoms with Crippen molar-refractivity contribution in [2.45, 2.75) is 6.42 Å². The van der Waals surface area contributed by atoms with E-state index in [1.165, 1.54) is 6.33 Å². The predicted octanol–water partition coefficient (Wildman–Crippen LogP) is 0.379. The van der Waals surface area contributed by atoms with E-state index >= 15 is 0 Å². The quantitative estimate of drug-likeness (QED) is 0.839. The topological polar surface area (TPSA) is 91.9 Å². The molecule has 0 aromatic carbocycles. The standard InChI is InChI=1S/C9H12BrN3O3S/c10-7-8(12-5-13-9(7)14)11-3-6-1-2-17(15,16)4-6/h5-6H,1-4H2,(H2,11,12,13,14). The van der Waals surface area contributed by atoms with Crippen LogP contribution in [0.25, 0.3) is 0 Å². The third kappa shape index (κ3) is 3.06. The van der Waals surface area contributed by atoms with Crippen LogP contribution >= 0.6 is 15.9 Å². The minimum absolute atomic E-state index is 0.0907. The zero-order valence-electron chi connectivity index (χ0n) is 8.94. The molecule has 1 aliphatic rings. The molecule has 0 spiro atoms. The van der Waals surface area contributed by atoms with Gasteiger partial charge in [-0.15, -0.1) is 0 Å². The maximum Gasteiger partial charge on any atom is 0.267 e. The number of halogens is 1. The molecule has 1 aliphatic heterocycles. The van der Waals surface area contributed by atoms with Crippen molar-refractivity contribution >= 4 is 31.6 Å². The van der Waals surface area contributed by atoms with Crippen LogP contribution in [-0.4, -0.2) is 36.4 Å². The summed E-state index contributed by atoms with van der Waals surface area (Å²) < 4.78 is 22.9. The molecule has 8 heteroatoms. The van der Waals surface area contributed by atoms with Crippen LogP contribution in [0.4, 0.5) is 5.82 Å². The lowest BCUT2D eigenvalue weighted by molar-refractivity contribution is 0.595. The van der Waals surface area contributed by atoms with Gasteiger partial charge in [0.15, 0.2) is 9.84 Å². The molecule has 1 aromatic rings. The van der Waals surface area contributed by atoms with Gasteiger partial charge in [-0.2, -0.15) is 0 Å². The van der Waals surface area contributed by atoms with Crippen molar-refractivity contribution in [3.63, 3.8) is 0 Å². The lowest BCUT2D eigenvalue weighted by Crippen LogP contribution is -2.18. The molecule has 0 aliphatic carbocycles. The molecule has 2 rings (SSSR count). The summed E-state index contributed by atoms with van der Waals surface area (Å²) in [6.45, 7) is 0.508. The Bertz CT molecular complexity index is 569. The van der Waals surface area contributed by atoms with E-state index in [0.29, 0.717) is 23.3 Å². The molecule has 1 saturated heterocycles. The fraction of sp³-hybridized carbons (Fsp3) is 0.556. The lowest BCUT2D eigenvalue weighted by atomic mass is 10.1. The van der Waals surface area contributed by atoms with Crippen LogP contribution in [0.2, 0.25) is 0 Å². The summed E-state index contributed by atoms with van der Waals surface area (Å²) in [6.07, 6.45) is 1.97. The SMILES string of the molecule is O=c1[nH]cnc(NCC2CCS(=O)(=O)C2)c1Br. The zero-order chi connectivity index (χ0) is 12.5. The molecule has 1 aromatic heterocycles. The molecule has 0 radical (unpaired) electrons. The molecule has 1 unspecified atom stereocenters. The fourth-order valence-electron chi connectivity index (χ4n) is 1.78. The monoisotopic (exact) mass is 321 g/mol. The Morgan fingerprint density at radius 3 is 3.00 bits per heavy atom. The number of H-pyrrole nitrogens is 1. The second kappa shape index (κ2) is 4.77. The highest BCUT2D eigenvalue weighted by Crippen LogP contribution is 2.20. The highest BCUT2D eigenvalue weighted by Gasteiger charge is 2.27. The average Bonchev–Trinajstić information content (AvgIpc) is 2.61. The van der Waals surface area contributed by atoms with Crippen LogP contribution in [0.1, 0.15) is 6.42 Å². The molecule has 0 bridgehead atoms. The molecule has 1 atom stereocenters. The van der Waals surface area contributed by atoms with Crippen molar-refractivity contribution < 1.29 is 8.42 Å². The van der Waals surface area contributed by atoms with Gasteiger partial charge < -0.3 is 10.3 Å². The van der Waals surface area contributed by atoms with Gasteiger partial charge in [0.2, 0.25) is 0 Å². The zero-order valence-corrected chi connectivity index (χ0v) is 11.3. The predicted molar refractivity (Wildman–Crippen MR) is 67.8 cm³/mol. The fourth-order valence-corrected chi connectivity index (χ4v) is 4.00. The lowest BCUT2D eigenvalue weighted by Gasteiger charge is -2.10. The maximum absolute atomic E-state index is 11.3. The van der Waals surface area contributed by atoms with Crippen molar-refractivity contribution in [3.8, 4) is 0 Å². The van der Waals surface area contributed by atoms with Crippen LogP contribution in [0.5, 0.6) is 0 Å². The van der Waals surface area contributed by atoms with Gasteiger partial charge in [-0.25, -0.2) is 13.4 Å². The first kappa shape index (κ1) is 12.6. The van der Waals surface area contributed by atoms with Gasteiger partial charge in [0, 0.05) is 6.54 Å². The third-order valence-electron chi connectivity index (χ3n) is 2.68. The van der Waals surface area contributed by atoms with Crippen LogP contribution < -0.4 is 10.9 Å². The van der Waals surface area contributed by atoms with Gasteiger partial charge in [0.05, 0.1) is 17.8 Å². The Morgan fingerprint density at radius 2 is 2.35 bits per heavy atom. The molecule has 6 nitrogen and oxygen atoms in total. The van der Waals surface area contributed by atoms with Crippen LogP contribution in [0.3, 0.4) is 0 Å². The Labute approximate surface area is 107 Å². The first-order chi connectivity index (χ1) is 7.98. The molecular weight excluding hydrogens is 310 g/mol. The van der Waals surface area contributed by atoms with E-state index in [1.807, 2.05) is 0 Å². The first-order valence-electron chi connectivity index (χ1n) is 5.15. The van der Waals surface area contributed by atoms with E-state index in [9.17, 15) is 13.2 Å². The third-order valence-corrected chi connectivity index (χ3v) is 5.25. The number of sulfone groups is 1. The Balaban J connectivity index is 1.99. The summed E-state index contributed by atoms with van der Waals surface area (Å²) in [6, 6.07) is 0. The van der Waals surface area contributed by atoms with E-state index in [0.717, 1.165) is 0 Å². The summed E-state index contributed by atoms with van der Waals surface area (Å²) in [5, 5.41) is 2.99. The molecule has 2 N–H and O–H groups in total. The smallest absolute Gasteiger partial charge is 0.267 e. The molecule has 0 saturated carbocycles. The summed E-state index contributed by atoms with van der Waals surface area (Å²) in [5.41, 5.74) is -0.262. The van der Waals surface area contributed by atoms with Crippen molar-refractivity contribution in [1.29, 1.82) is 0 Å². The number of aromatic amines is 1.